The van der Waals surface area contributed by atoms with Crippen molar-refractivity contribution in [2.45, 2.75) is 13.6 Å². The molecule has 0 saturated carbocycles. The van der Waals surface area contributed by atoms with Crippen molar-refractivity contribution in [2.24, 2.45) is 0 Å². The normalized spacial score (nSPS) is 14.8. The van der Waals surface area contributed by atoms with Crippen LogP contribution in [0.4, 0.5) is 15.8 Å². The lowest BCUT2D eigenvalue weighted by Crippen LogP contribution is -2.43. The number of benzene rings is 4. The third-order valence-electron chi connectivity index (χ3n) is 6.54. The molecule has 0 saturated heterocycles. The maximum atomic E-state index is 13.4. The largest absolute Gasteiger partial charge is 0.268 e. The van der Waals surface area contributed by atoms with Gasteiger partial charge in [0, 0.05) is 33.0 Å². The minimum atomic E-state index is -0.655. The Kier molecular flexibility index (Phi) is 4.44. The van der Waals surface area contributed by atoms with Crippen LogP contribution in [0.3, 0.4) is 0 Å². The zero-order valence-corrected chi connectivity index (χ0v) is 18.5. The number of aryl methyl sites for hydroxylation is 1. The van der Waals surface area contributed by atoms with Gasteiger partial charge < -0.3 is 0 Å². The van der Waals surface area contributed by atoms with Crippen LogP contribution in [0.25, 0.3) is 10.8 Å². The lowest BCUT2D eigenvalue weighted by molar-refractivity contribution is 0.0873. The van der Waals surface area contributed by atoms with Gasteiger partial charge in [0.15, 0.2) is 0 Å². The van der Waals surface area contributed by atoms with Crippen LogP contribution in [0.2, 0.25) is 0 Å². The first-order chi connectivity index (χ1) is 16.9. The van der Waals surface area contributed by atoms with E-state index < -0.39 is 30.3 Å². The third-order valence-corrected chi connectivity index (χ3v) is 6.54. The Morgan fingerprint density at radius 2 is 0.886 bits per heavy atom. The first-order valence-electron chi connectivity index (χ1n) is 11.0. The van der Waals surface area contributed by atoms with Gasteiger partial charge in [-0.15, -0.1) is 0 Å². The number of anilines is 2. The van der Waals surface area contributed by atoms with Crippen molar-refractivity contribution in [3.63, 3.8) is 0 Å². The fourth-order valence-corrected chi connectivity index (χ4v) is 4.77. The highest BCUT2D eigenvalue weighted by Crippen LogP contribution is 2.40. The van der Waals surface area contributed by atoms with Crippen molar-refractivity contribution in [3.8, 4) is 0 Å². The van der Waals surface area contributed by atoms with Gasteiger partial charge in [-0.25, -0.2) is 14.2 Å². The van der Waals surface area contributed by atoms with Crippen LogP contribution in [0.15, 0.2) is 72.8 Å². The number of carbonyl (C=O) groups is 4. The number of rotatable bonds is 3. The number of halogens is 1. The number of hydrogen-bond acceptors (Lipinski definition) is 4. The molecule has 6 nitrogen and oxygen atoms in total. The van der Waals surface area contributed by atoms with Crippen molar-refractivity contribution in [1.82, 2.24) is 0 Å². The number of alkyl halides is 1. The molecule has 0 aliphatic carbocycles. The topological polar surface area (TPSA) is 74.8 Å². The van der Waals surface area contributed by atoms with Gasteiger partial charge in [-0.3, -0.25) is 19.2 Å². The molecule has 0 spiro atoms. The summed E-state index contributed by atoms with van der Waals surface area (Å²) in [6, 6.07) is 19.2. The number of nitrogens with zero attached hydrogens (tertiary/aromatic N) is 2. The summed E-state index contributed by atoms with van der Waals surface area (Å²) in [5, 5.41) is 0.615. The predicted molar refractivity (Wildman–Crippen MR) is 129 cm³/mol. The summed E-state index contributed by atoms with van der Waals surface area (Å²) in [5.74, 6) is -2.17. The van der Waals surface area contributed by atoms with Crippen molar-refractivity contribution >= 4 is 45.8 Å². The SMILES string of the molecule is Cc1ccc(N2C(=O)c3ccc4c5c(ccc(c35)C2=O)C(=O)N(c2ccc(CF)cc2)C4=O)cc1. The van der Waals surface area contributed by atoms with E-state index in [-0.39, 0.29) is 22.3 Å². The molecule has 0 atom stereocenters. The van der Waals surface area contributed by atoms with Crippen LogP contribution in [0, 0.1) is 6.92 Å². The Labute approximate surface area is 199 Å². The molecular formula is C28H17FN2O4. The fourth-order valence-electron chi connectivity index (χ4n) is 4.77. The average molecular weight is 464 g/mol. The summed E-state index contributed by atoms with van der Waals surface area (Å²) in [6.45, 7) is 1.26. The molecule has 0 fully saturated rings. The van der Waals surface area contributed by atoms with Gasteiger partial charge in [0.1, 0.15) is 6.67 Å². The van der Waals surface area contributed by atoms with Crippen LogP contribution < -0.4 is 9.80 Å². The Bertz CT molecular complexity index is 1540. The molecule has 35 heavy (non-hydrogen) atoms. The van der Waals surface area contributed by atoms with E-state index in [0.717, 1.165) is 15.4 Å². The molecule has 4 aromatic rings. The minimum absolute atomic E-state index is 0.221. The molecule has 7 heteroatoms. The molecule has 170 valence electrons. The maximum absolute atomic E-state index is 13.4. The summed E-state index contributed by atoms with van der Waals surface area (Å²) >= 11 is 0. The van der Waals surface area contributed by atoms with Gasteiger partial charge in [0.2, 0.25) is 0 Å². The second-order valence-corrected chi connectivity index (χ2v) is 8.60. The molecule has 2 aliphatic rings. The summed E-state index contributed by atoms with van der Waals surface area (Å²) in [6.07, 6.45) is 0. The summed E-state index contributed by atoms with van der Waals surface area (Å²) in [7, 11) is 0. The van der Waals surface area contributed by atoms with Crippen LogP contribution in [0.1, 0.15) is 52.6 Å². The number of hydrogen-bond donors (Lipinski definition) is 0. The lowest BCUT2D eigenvalue weighted by atomic mass is 9.85. The Balaban J connectivity index is 1.52. The molecule has 4 aromatic carbocycles. The quantitative estimate of drug-likeness (QED) is 0.390. The molecule has 0 unspecified atom stereocenters. The fraction of sp³-hybridized carbons (Fsp3) is 0.0714. The molecule has 0 radical (unpaired) electrons. The van der Waals surface area contributed by atoms with Gasteiger partial charge in [0.25, 0.3) is 23.6 Å². The zero-order chi connectivity index (χ0) is 24.4. The van der Waals surface area contributed by atoms with Crippen LogP contribution in [0.5, 0.6) is 0 Å². The van der Waals surface area contributed by atoms with E-state index in [2.05, 4.69) is 0 Å². The second-order valence-electron chi connectivity index (χ2n) is 8.60. The van der Waals surface area contributed by atoms with Gasteiger partial charge in [-0.05, 0) is 61.0 Å². The van der Waals surface area contributed by atoms with E-state index in [4.69, 9.17) is 0 Å². The molecule has 0 aromatic heterocycles. The molecule has 2 heterocycles. The summed E-state index contributed by atoms with van der Waals surface area (Å²) in [4.78, 5) is 55.9. The minimum Gasteiger partial charge on any atom is -0.268 e. The molecule has 0 N–H and O–H groups in total. The Morgan fingerprint density at radius 3 is 1.23 bits per heavy atom. The van der Waals surface area contributed by atoms with Gasteiger partial charge in [-0.1, -0.05) is 29.8 Å². The number of amides is 4. The van der Waals surface area contributed by atoms with E-state index >= 15 is 0 Å². The van der Waals surface area contributed by atoms with Gasteiger partial charge in [0.05, 0.1) is 11.4 Å². The van der Waals surface area contributed by atoms with Gasteiger partial charge >= 0.3 is 0 Å². The van der Waals surface area contributed by atoms with Crippen molar-refractivity contribution in [3.05, 3.63) is 106 Å². The summed E-state index contributed by atoms with van der Waals surface area (Å²) in [5.41, 5.74) is 3.13. The second kappa shape index (κ2) is 7.43. The van der Waals surface area contributed by atoms with Crippen molar-refractivity contribution < 1.29 is 23.6 Å². The van der Waals surface area contributed by atoms with E-state index in [1.807, 2.05) is 19.1 Å². The maximum Gasteiger partial charge on any atom is 0.265 e. The first-order valence-corrected chi connectivity index (χ1v) is 11.0. The Hall–Kier alpha value is -4.65. The van der Waals surface area contributed by atoms with Crippen LogP contribution >= 0.6 is 0 Å². The molecule has 4 amide bonds. The smallest absolute Gasteiger partial charge is 0.265 e. The number of carbonyl (C=O) groups excluding carboxylic acids is 4. The van der Waals surface area contributed by atoms with E-state index in [9.17, 15) is 23.6 Å². The zero-order valence-electron chi connectivity index (χ0n) is 18.5. The molecule has 6 rings (SSSR count). The monoisotopic (exact) mass is 464 g/mol. The Morgan fingerprint density at radius 1 is 0.543 bits per heavy atom. The number of imide groups is 2. The van der Waals surface area contributed by atoms with Crippen LogP contribution in [-0.4, -0.2) is 23.6 Å². The average Bonchev–Trinajstić information content (AvgIpc) is 2.87. The highest BCUT2D eigenvalue weighted by Gasteiger charge is 2.40. The van der Waals surface area contributed by atoms with Crippen LogP contribution in [-0.2, 0) is 6.67 Å². The summed E-state index contributed by atoms with van der Waals surface area (Å²) < 4.78 is 12.9. The first kappa shape index (κ1) is 20.9. The molecule has 2 aliphatic heterocycles. The highest BCUT2D eigenvalue weighted by molar-refractivity contribution is 6.42. The van der Waals surface area contributed by atoms with E-state index in [1.165, 1.54) is 48.5 Å². The molecule has 0 bridgehead atoms. The predicted octanol–water partition coefficient (Wildman–Crippen LogP) is 5.22. The molecular weight excluding hydrogens is 447 g/mol. The highest BCUT2D eigenvalue weighted by atomic mass is 19.1. The van der Waals surface area contributed by atoms with Gasteiger partial charge in [-0.2, -0.15) is 0 Å². The van der Waals surface area contributed by atoms with Crippen molar-refractivity contribution in [1.29, 1.82) is 0 Å². The van der Waals surface area contributed by atoms with E-state index in [0.29, 0.717) is 27.7 Å². The van der Waals surface area contributed by atoms with E-state index in [1.54, 1.807) is 12.1 Å². The third kappa shape index (κ3) is 2.88. The lowest BCUT2D eigenvalue weighted by Gasteiger charge is -2.32. The van der Waals surface area contributed by atoms with Crippen molar-refractivity contribution in [2.75, 3.05) is 9.80 Å². The standard InChI is InChI=1S/C28H17FN2O4/c1-15-2-6-17(7-3-15)30-25(32)19-10-12-21-24-22(13-11-20(23(19)24)26(30)33)28(35)31(27(21)34)18-8-4-16(14-29)5-9-18/h2-13H,14H2,1H3.